The van der Waals surface area contributed by atoms with Crippen LogP contribution in [0.3, 0.4) is 0 Å². The van der Waals surface area contributed by atoms with E-state index < -0.39 is 0 Å². The van der Waals surface area contributed by atoms with Crippen molar-refractivity contribution in [3.05, 3.63) is 84.4 Å². The van der Waals surface area contributed by atoms with Gasteiger partial charge in [0.05, 0.1) is 12.9 Å². The molecule has 1 aromatic heterocycles. The van der Waals surface area contributed by atoms with Gasteiger partial charge < -0.3 is 9.30 Å². The topological polar surface area (TPSA) is 27.1 Å². The van der Waals surface area contributed by atoms with Crippen LogP contribution in [0.4, 0.5) is 0 Å². The number of nitrogens with zero attached hydrogens (tertiary/aromatic N) is 2. The summed E-state index contributed by atoms with van der Waals surface area (Å²) in [6.07, 6.45) is 10.8. The lowest BCUT2D eigenvalue weighted by Crippen LogP contribution is -2.02. The van der Waals surface area contributed by atoms with E-state index in [1.54, 1.807) is 6.20 Å². The highest BCUT2D eigenvalue weighted by molar-refractivity contribution is 5.69. The van der Waals surface area contributed by atoms with E-state index in [9.17, 15) is 0 Å². The van der Waals surface area contributed by atoms with Gasteiger partial charge in [0, 0.05) is 18.9 Å². The lowest BCUT2D eigenvalue weighted by atomic mass is 10.1. The van der Waals surface area contributed by atoms with Crippen LogP contribution in [-0.2, 0) is 6.54 Å². The molecule has 0 aliphatic rings. The number of aromatic nitrogens is 2. The van der Waals surface area contributed by atoms with Gasteiger partial charge in [0.25, 0.3) is 0 Å². The molecule has 0 saturated heterocycles. The summed E-state index contributed by atoms with van der Waals surface area (Å²) < 4.78 is 7.82. The molecule has 3 nitrogen and oxygen atoms in total. The van der Waals surface area contributed by atoms with Crippen molar-refractivity contribution in [3.8, 4) is 5.75 Å². The highest BCUT2D eigenvalue weighted by Crippen LogP contribution is 2.15. The lowest BCUT2D eigenvalue weighted by Gasteiger charge is -2.06. The molecule has 0 unspecified atom stereocenters. The monoisotopic (exact) mass is 304 g/mol. The maximum atomic E-state index is 5.76. The van der Waals surface area contributed by atoms with E-state index in [0.29, 0.717) is 6.61 Å². The Hall–Kier alpha value is -2.81. The smallest absolute Gasteiger partial charge is 0.119 e. The predicted octanol–water partition coefficient (Wildman–Crippen LogP) is 4.52. The predicted molar refractivity (Wildman–Crippen MR) is 94.2 cm³/mol. The fourth-order valence-corrected chi connectivity index (χ4v) is 2.29. The number of hydrogen-bond donors (Lipinski definition) is 0. The van der Waals surface area contributed by atoms with Gasteiger partial charge in [0.1, 0.15) is 5.75 Å². The Balaban J connectivity index is 1.46. The molecule has 0 N–H and O–H groups in total. The van der Waals surface area contributed by atoms with Gasteiger partial charge in [-0.25, -0.2) is 4.98 Å². The fraction of sp³-hybridized carbons (Fsp3) is 0.150. The molecule has 0 fully saturated rings. The Bertz CT molecular complexity index is 716. The molecule has 2 aromatic carbocycles. The summed E-state index contributed by atoms with van der Waals surface area (Å²) in [7, 11) is 0. The second kappa shape index (κ2) is 7.99. The zero-order valence-electron chi connectivity index (χ0n) is 13.0. The van der Waals surface area contributed by atoms with Crippen molar-refractivity contribution >= 4 is 12.2 Å². The largest absolute Gasteiger partial charge is 0.494 e. The van der Waals surface area contributed by atoms with E-state index in [-0.39, 0.29) is 0 Å². The van der Waals surface area contributed by atoms with Gasteiger partial charge in [0.2, 0.25) is 0 Å². The van der Waals surface area contributed by atoms with Crippen LogP contribution in [0.1, 0.15) is 17.5 Å². The molecule has 0 bridgehead atoms. The average molecular weight is 304 g/mol. The first-order chi connectivity index (χ1) is 11.4. The maximum absolute atomic E-state index is 5.76. The van der Waals surface area contributed by atoms with Crippen LogP contribution < -0.4 is 4.74 Å². The van der Waals surface area contributed by atoms with Crippen molar-refractivity contribution in [1.29, 1.82) is 0 Å². The zero-order valence-corrected chi connectivity index (χ0v) is 13.0. The van der Waals surface area contributed by atoms with E-state index in [1.807, 2.05) is 42.9 Å². The summed E-state index contributed by atoms with van der Waals surface area (Å²) in [4.78, 5) is 4.02. The van der Waals surface area contributed by atoms with Crippen molar-refractivity contribution in [2.75, 3.05) is 6.61 Å². The lowest BCUT2D eigenvalue weighted by molar-refractivity contribution is 0.302. The number of benzene rings is 2. The van der Waals surface area contributed by atoms with Crippen LogP contribution in [0.5, 0.6) is 5.75 Å². The van der Waals surface area contributed by atoms with E-state index in [0.717, 1.165) is 18.7 Å². The van der Waals surface area contributed by atoms with Gasteiger partial charge in [-0.3, -0.25) is 0 Å². The van der Waals surface area contributed by atoms with Gasteiger partial charge in [-0.1, -0.05) is 54.6 Å². The van der Waals surface area contributed by atoms with Gasteiger partial charge in [0.15, 0.2) is 0 Å². The van der Waals surface area contributed by atoms with E-state index in [1.165, 1.54) is 11.1 Å². The van der Waals surface area contributed by atoms with Crippen LogP contribution in [-0.4, -0.2) is 16.2 Å². The van der Waals surface area contributed by atoms with E-state index >= 15 is 0 Å². The molecule has 0 aliphatic carbocycles. The number of aryl methyl sites for hydroxylation is 1. The third kappa shape index (κ3) is 4.85. The van der Waals surface area contributed by atoms with Gasteiger partial charge in [-0.2, -0.15) is 0 Å². The molecular formula is C20H20N2O. The third-order valence-electron chi connectivity index (χ3n) is 3.54. The summed E-state index contributed by atoms with van der Waals surface area (Å²) in [6, 6.07) is 18.5. The molecule has 0 radical (unpaired) electrons. The molecule has 23 heavy (non-hydrogen) atoms. The van der Waals surface area contributed by atoms with Crippen molar-refractivity contribution < 1.29 is 4.74 Å². The van der Waals surface area contributed by atoms with Gasteiger partial charge in [-0.05, 0) is 29.7 Å². The molecule has 3 aromatic rings. The minimum Gasteiger partial charge on any atom is -0.494 e. The quantitative estimate of drug-likeness (QED) is 0.474. The summed E-state index contributed by atoms with van der Waals surface area (Å²) in [5, 5.41) is 0. The Morgan fingerprint density at radius 1 is 0.913 bits per heavy atom. The standard InChI is InChI=1S/C20H20N2O/c1-2-5-18(6-3-1)7-8-19-9-11-20(12-10-19)23-16-4-14-22-15-13-21-17-22/h1-3,5-13,15,17H,4,14,16H2/b8-7+. The molecule has 0 spiro atoms. The normalized spacial score (nSPS) is 11.0. The molecule has 1 heterocycles. The Morgan fingerprint density at radius 3 is 2.35 bits per heavy atom. The third-order valence-corrected chi connectivity index (χ3v) is 3.54. The second-order valence-corrected chi connectivity index (χ2v) is 5.32. The van der Waals surface area contributed by atoms with Crippen molar-refractivity contribution in [3.63, 3.8) is 0 Å². The number of ether oxygens (including phenoxy) is 1. The maximum Gasteiger partial charge on any atom is 0.119 e. The SMILES string of the molecule is C(=C\c1ccc(OCCCn2ccnc2)cc1)/c1ccccc1. The van der Waals surface area contributed by atoms with Crippen molar-refractivity contribution in [1.82, 2.24) is 9.55 Å². The van der Waals surface area contributed by atoms with Crippen LogP contribution in [0.15, 0.2) is 73.3 Å². The van der Waals surface area contributed by atoms with Gasteiger partial charge in [-0.15, -0.1) is 0 Å². The molecule has 0 saturated carbocycles. The summed E-state index contributed by atoms with van der Waals surface area (Å²) in [5.41, 5.74) is 2.37. The molecule has 0 amide bonds. The number of hydrogen-bond acceptors (Lipinski definition) is 2. The minimum absolute atomic E-state index is 0.706. The minimum atomic E-state index is 0.706. The Kier molecular flexibility index (Phi) is 5.25. The zero-order chi connectivity index (χ0) is 15.7. The summed E-state index contributed by atoms with van der Waals surface area (Å²) >= 11 is 0. The number of rotatable bonds is 7. The second-order valence-electron chi connectivity index (χ2n) is 5.32. The first-order valence-electron chi connectivity index (χ1n) is 7.82. The van der Waals surface area contributed by atoms with Crippen molar-refractivity contribution in [2.45, 2.75) is 13.0 Å². The highest BCUT2D eigenvalue weighted by atomic mass is 16.5. The molecular weight excluding hydrogens is 284 g/mol. The molecule has 116 valence electrons. The fourth-order valence-electron chi connectivity index (χ4n) is 2.29. The van der Waals surface area contributed by atoms with E-state index in [2.05, 4.69) is 46.0 Å². The Labute approximate surface area is 136 Å². The van der Waals surface area contributed by atoms with Crippen LogP contribution in [0, 0.1) is 0 Å². The molecule has 3 rings (SSSR count). The highest BCUT2D eigenvalue weighted by Gasteiger charge is 1.95. The first-order valence-corrected chi connectivity index (χ1v) is 7.82. The van der Waals surface area contributed by atoms with Crippen LogP contribution >= 0.6 is 0 Å². The average Bonchev–Trinajstić information content (AvgIpc) is 3.12. The van der Waals surface area contributed by atoms with Crippen LogP contribution in [0.2, 0.25) is 0 Å². The van der Waals surface area contributed by atoms with Crippen LogP contribution in [0.25, 0.3) is 12.2 Å². The summed E-state index contributed by atoms with van der Waals surface area (Å²) in [6.45, 7) is 1.63. The summed E-state index contributed by atoms with van der Waals surface area (Å²) in [5.74, 6) is 0.910. The van der Waals surface area contributed by atoms with E-state index in [4.69, 9.17) is 4.74 Å². The molecule has 0 atom stereocenters. The number of imidazole rings is 1. The first kappa shape index (κ1) is 15.1. The molecule has 0 aliphatic heterocycles. The molecule has 3 heteroatoms. The Morgan fingerprint density at radius 2 is 1.65 bits per heavy atom. The van der Waals surface area contributed by atoms with Gasteiger partial charge >= 0.3 is 0 Å². The van der Waals surface area contributed by atoms with Crippen molar-refractivity contribution in [2.24, 2.45) is 0 Å².